The number of benzene rings is 2. The van der Waals surface area contributed by atoms with Crippen molar-refractivity contribution in [3.05, 3.63) is 84.0 Å². The lowest BCUT2D eigenvalue weighted by molar-refractivity contribution is 0.381. The standard InChI is InChI=1S/C18H18N2.H2O4S/c19-17-8-6-14(7-9-17)15-10-12-18(20,13-11-15)16-4-2-1-3-5-16;1-5(2,3)4/h1-12H,13,19-20H2;(H2,1,2,3,4). The van der Waals surface area contributed by atoms with Crippen LogP contribution in [0.25, 0.3) is 5.57 Å². The van der Waals surface area contributed by atoms with Crippen LogP contribution in [0.5, 0.6) is 0 Å². The van der Waals surface area contributed by atoms with E-state index in [2.05, 4.69) is 30.4 Å². The molecule has 1 atom stereocenters. The molecule has 2 aromatic rings. The molecule has 0 fully saturated rings. The van der Waals surface area contributed by atoms with Crippen LogP contribution in [-0.2, 0) is 15.9 Å². The van der Waals surface area contributed by atoms with Crippen LogP contribution < -0.4 is 11.5 Å². The summed E-state index contributed by atoms with van der Waals surface area (Å²) < 4.78 is 31.6. The summed E-state index contributed by atoms with van der Waals surface area (Å²) in [4.78, 5) is 0. The number of hydrogen-bond acceptors (Lipinski definition) is 4. The minimum atomic E-state index is -4.67. The second-order valence-corrected chi connectivity index (χ2v) is 6.57. The Morgan fingerprint density at radius 1 is 0.960 bits per heavy atom. The van der Waals surface area contributed by atoms with Crippen molar-refractivity contribution in [3.8, 4) is 0 Å². The SMILES string of the molecule is Nc1ccc(C2=CCC(N)(c3ccccc3)C=C2)cc1.O=S(=O)(O)O. The Hall–Kier alpha value is -2.45. The van der Waals surface area contributed by atoms with Gasteiger partial charge in [-0.25, -0.2) is 0 Å². The molecule has 1 unspecified atom stereocenters. The maximum atomic E-state index is 8.74. The monoisotopic (exact) mass is 360 g/mol. The largest absolute Gasteiger partial charge is 0.399 e. The molecule has 0 aliphatic heterocycles. The molecule has 0 bridgehead atoms. The number of rotatable bonds is 2. The molecule has 3 rings (SSSR count). The van der Waals surface area contributed by atoms with Crippen molar-refractivity contribution < 1.29 is 17.5 Å². The second-order valence-electron chi connectivity index (χ2n) is 5.67. The van der Waals surface area contributed by atoms with Gasteiger partial charge in [0.25, 0.3) is 0 Å². The van der Waals surface area contributed by atoms with Gasteiger partial charge in [0.15, 0.2) is 0 Å². The van der Waals surface area contributed by atoms with Crippen molar-refractivity contribution >= 4 is 21.7 Å². The van der Waals surface area contributed by atoms with Crippen LogP contribution >= 0.6 is 0 Å². The summed E-state index contributed by atoms with van der Waals surface area (Å²) in [6.07, 6.45) is 7.18. The van der Waals surface area contributed by atoms with Crippen molar-refractivity contribution in [1.29, 1.82) is 0 Å². The van der Waals surface area contributed by atoms with Gasteiger partial charge in [0, 0.05) is 5.69 Å². The average Bonchev–Trinajstić information content (AvgIpc) is 2.56. The lowest BCUT2D eigenvalue weighted by Crippen LogP contribution is -2.34. The van der Waals surface area contributed by atoms with Gasteiger partial charge in [0.1, 0.15) is 0 Å². The van der Waals surface area contributed by atoms with Crippen LogP contribution in [0.15, 0.2) is 72.8 Å². The van der Waals surface area contributed by atoms with Gasteiger partial charge >= 0.3 is 10.4 Å². The molecular weight excluding hydrogens is 340 g/mol. The fourth-order valence-electron chi connectivity index (χ4n) is 2.51. The molecule has 6 N–H and O–H groups in total. The molecule has 6 nitrogen and oxygen atoms in total. The zero-order chi connectivity index (χ0) is 18.5. The lowest BCUT2D eigenvalue weighted by atomic mass is 9.82. The molecule has 132 valence electrons. The molecular formula is C18H20N2O4S. The summed E-state index contributed by atoms with van der Waals surface area (Å²) >= 11 is 0. The van der Waals surface area contributed by atoms with Gasteiger partial charge in [-0.2, -0.15) is 8.42 Å². The van der Waals surface area contributed by atoms with Crippen molar-refractivity contribution in [2.75, 3.05) is 5.73 Å². The highest BCUT2D eigenvalue weighted by atomic mass is 32.3. The Balaban J connectivity index is 0.000000399. The first-order valence-electron chi connectivity index (χ1n) is 7.47. The first kappa shape index (κ1) is 18.9. The highest BCUT2D eigenvalue weighted by Crippen LogP contribution is 2.32. The molecule has 0 aromatic heterocycles. The summed E-state index contributed by atoms with van der Waals surface area (Å²) in [7, 11) is -4.67. The minimum Gasteiger partial charge on any atom is -0.399 e. The van der Waals surface area contributed by atoms with Crippen molar-refractivity contribution in [2.24, 2.45) is 5.73 Å². The number of nitrogens with two attached hydrogens (primary N) is 2. The fourth-order valence-corrected chi connectivity index (χ4v) is 2.51. The molecule has 1 aliphatic carbocycles. The quantitative estimate of drug-likeness (QED) is 0.482. The molecule has 2 aromatic carbocycles. The predicted octanol–water partition coefficient (Wildman–Crippen LogP) is 2.81. The van der Waals surface area contributed by atoms with E-state index in [-0.39, 0.29) is 0 Å². The second kappa shape index (κ2) is 7.62. The highest BCUT2D eigenvalue weighted by molar-refractivity contribution is 7.79. The predicted molar refractivity (Wildman–Crippen MR) is 99.1 cm³/mol. The van der Waals surface area contributed by atoms with Crippen molar-refractivity contribution in [2.45, 2.75) is 12.0 Å². The summed E-state index contributed by atoms with van der Waals surface area (Å²) in [6.45, 7) is 0. The summed E-state index contributed by atoms with van der Waals surface area (Å²) in [6, 6.07) is 18.1. The Kier molecular flexibility index (Phi) is 5.76. The van der Waals surface area contributed by atoms with Gasteiger partial charge in [0.2, 0.25) is 0 Å². The molecule has 0 amide bonds. The van der Waals surface area contributed by atoms with E-state index in [1.165, 1.54) is 11.1 Å². The first-order valence-corrected chi connectivity index (χ1v) is 8.87. The van der Waals surface area contributed by atoms with E-state index < -0.39 is 15.9 Å². The van der Waals surface area contributed by atoms with Gasteiger partial charge in [-0.1, -0.05) is 60.7 Å². The summed E-state index contributed by atoms with van der Waals surface area (Å²) in [5.41, 5.74) is 16.1. The molecule has 0 heterocycles. The molecule has 25 heavy (non-hydrogen) atoms. The molecule has 7 heteroatoms. The smallest absolute Gasteiger partial charge is 0.394 e. The van der Waals surface area contributed by atoms with E-state index in [0.29, 0.717) is 0 Å². The van der Waals surface area contributed by atoms with Crippen LogP contribution in [0.3, 0.4) is 0 Å². The van der Waals surface area contributed by atoms with Crippen LogP contribution in [-0.4, -0.2) is 17.5 Å². The maximum Gasteiger partial charge on any atom is 0.394 e. The molecule has 0 saturated carbocycles. The van der Waals surface area contributed by atoms with Crippen LogP contribution in [0.4, 0.5) is 5.69 Å². The lowest BCUT2D eigenvalue weighted by Gasteiger charge is -2.28. The van der Waals surface area contributed by atoms with E-state index in [1.54, 1.807) is 0 Å². The number of anilines is 1. The van der Waals surface area contributed by atoms with Crippen LogP contribution in [0.1, 0.15) is 17.5 Å². The van der Waals surface area contributed by atoms with Gasteiger partial charge in [-0.15, -0.1) is 0 Å². The van der Waals surface area contributed by atoms with E-state index >= 15 is 0 Å². The van der Waals surface area contributed by atoms with E-state index in [4.69, 9.17) is 29.0 Å². The highest BCUT2D eigenvalue weighted by Gasteiger charge is 2.25. The van der Waals surface area contributed by atoms with Crippen LogP contribution in [0, 0.1) is 0 Å². The number of nitrogen functional groups attached to an aromatic ring is 1. The summed E-state index contributed by atoms with van der Waals surface area (Å²) in [5, 5.41) is 0. The van der Waals surface area contributed by atoms with Crippen molar-refractivity contribution in [3.63, 3.8) is 0 Å². The third kappa shape index (κ3) is 5.84. The van der Waals surface area contributed by atoms with Gasteiger partial charge in [-0.05, 0) is 35.3 Å². The Morgan fingerprint density at radius 2 is 1.52 bits per heavy atom. The third-order valence-corrected chi connectivity index (χ3v) is 3.78. The maximum absolute atomic E-state index is 8.74. The van der Waals surface area contributed by atoms with Gasteiger partial charge < -0.3 is 11.5 Å². The third-order valence-electron chi connectivity index (χ3n) is 3.78. The van der Waals surface area contributed by atoms with Crippen LogP contribution in [0.2, 0.25) is 0 Å². The van der Waals surface area contributed by atoms with E-state index in [0.717, 1.165) is 17.7 Å². The molecule has 1 aliphatic rings. The minimum absolute atomic E-state index is 0.404. The van der Waals surface area contributed by atoms with Gasteiger partial charge in [-0.3, -0.25) is 9.11 Å². The first-order chi connectivity index (χ1) is 11.7. The molecule has 0 radical (unpaired) electrons. The average molecular weight is 360 g/mol. The Labute approximate surface area is 147 Å². The normalized spacial score (nSPS) is 19.6. The van der Waals surface area contributed by atoms with Gasteiger partial charge in [0.05, 0.1) is 5.54 Å². The Bertz CT molecular complexity index is 867. The summed E-state index contributed by atoms with van der Waals surface area (Å²) in [5.74, 6) is 0. The van der Waals surface area contributed by atoms with Crippen molar-refractivity contribution in [1.82, 2.24) is 0 Å². The number of hydrogen-bond donors (Lipinski definition) is 4. The fraction of sp³-hybridized carbons (Fsp3) is 0.111. The number of allylic oxidation sites excluding steroid dienone is 2. The zero-order valence-electron chi connectivity index (χ0n) is 13.4. The molecule has 0 spiro atoms. The van der Waals surface area contributed by atoms with E-state index in [1.807, 2.05) is 42.5 Å². The molecule has 0 saturated heterocycles. The topological polar surface area (TPSA) is 127 Å². The van der Waals surface area contributed by atoms with E-state index in [9.17, 15) is 0 Å². The Morgan fingerprint density at radius 3 is 2.00 bits per heavy atom. The zero-order valence-corrected chi connectivity index (χ0v) is 14.2.